The zero-order valence-electron chi connectivity index (χ0n) is 13.9. The molecule has 0 aliphatic rings. The molecule has 7 heteroatoms. The lowest BCUT2D eigenvalue weighted by Gasteiger charge is -2.20. The molecular weight excluding hydrogens is 321 g/mol. The van der Waals surface area contributed by atoms with Crippen LogP contribution in [0.2, 0.25) is 10.2 Å². The first-order valence-electron chi connectivity index (χ1n) is 7.69. The van der Waals surface area contributed by atoms with Gasteiger partial charge in [-0.3, -0.25) is 4.99 Å². The minimum absolute atomic E-state index is 0.555. The predicted molar refractivity (Wildman–Crippen MR) is 96.0 cm³/mol. The standard InChI is InChI=1S/C15H27Cl2N5/c1-5-8-22(6-2)9-7-19-15(18-3)20-11-12-10-13(16)14(17)21(12)4/h10H,5-9,11H2,1-4H3,(H2,18,19,20). The molecule has 1 aromatic heterocycles. The van der Waals surface area contributed by atoms with Gasteiger partial charge < -0.3 is 20.1 Å². The Hall–Kier alpha value is -0.910. The van der Waals surface area contributed by atoms with E-state index in [4.69, 9.17) is 23.2 Å². The Kier molecular flexibility index (Phi) is 8.68. The summed E-state index contributed by atoms with van der Waals surface area (Å²) in [4.78, 5) is 6.65. The van der Waals surface area contributed by atoms with Crippen molar-refractivity contribution in [2.45, 2.75) is 26.8 Å². The first kappa shape index (κ1) is 19.1. The summed E-state index contributed by atoms with van der Waals surface area (Å²) in [5, 5.41) is 7.73. The minimum atomic E-state index is 0.555. The van der Waals surface area contributed by atoms with Crippen molar-refractivity contribution in [1.29, 1.82) is 0 Å². The Morgan fingerprint density at radius 3 is 2.50 bits per heavy atom. The van der Waals surface area contributed by atoms with Crippen LogP contribution in [0.1, 0.15) is 26.0 Å². The summed E-state index contributed by atoms with van der Waals surface area (Å²) >= 11 is 12.1. The number of aromatic nitrogens is 1. The molecule has 0 aliphatic carbocycles. The van der Waals surface area contributed by atoms with E-state index in [1.807, 2.05) is 17.7 Å². The fourth-order valence-electron chi connectivity index (χ4n) is 2.23. The van der Waals surface area contributed by atoms with E-state index in [1.54, 1.807) is 7.05 Å². The number of rotatable bonds is 8. The lowest BCUT2D eigenvalue weighted by Crippen LogP contribution is -2.41. The Balaban J connectivity index is 2.41. The summed E-state index contributed by atoms with van der Waals surface area (Å²) in [6.45, 7) is 9.08. The second-order valence-electron chi connectivity index (χ2n) is 5.12. The van der Waals surface area contributed by atoms with Crippen molar-refractivity contribution in [2.24, 2.45) is 12.0 Å². The smallest absolute Gasteiger partial charge is 0.191 e. The van der Waals surface area contributed by atoms with Gasteiger partial charge >= 0.3 is 0 Å². The topological polar surface area (TPSA) is 44.6 Å². The normalized spacial score (nSPS) is 12.0. The molecule has 0 aliphatic heterocycles. The molecule has 0 radical (unpaired) electrons. The first-order chi connectivity index (χ1) is 10.5. The van der Waals surface area contributed by atoms with Gasteiger partial charge in [-0.15, -0.1) is 0 Å². The van der Waals surface area contributed by atoms with Gasteiger partial charge in [0.05, 0.1) is 11.6 Å². The minimum Gasteiger partial charge on any atom is -0.355 e. The second-order valence-corrected chi connectivity index (χ2v) is 5.89. The van der Waals surface area contributed by atoms with Crippen LogP contribution in [0.3, 0.4) is 0 Å². The van der Waals surface area contributed by atoms with Crippen LogP contribution in [-0.2, 0) is 13.6 Å². The van der Waals surface area contributed by atoms with Gasteiger partial charge in [-0.25, -0.2) is 0 Å². The van der Waals surface area contributed by atoms with E-state index in [0.717, 1.165) is 37.8 Å². The average Bonchev–Trinajstić information content (AvgIpc) is 2.76. The highest BCUT2D eigenvalue weighted by molar-refractivity contribution is 6.41. The third-order valence-corrected chi connectivity index (χ3v) is 4.43. The van der Waals surface area contributed by atoms with Gasteiger partial charge in [0.15, 0.2) is 5.96 Å². The lowest BCUT2D eigenvalue weighted by molar-refractivity contribution is 0.293. The van der Waals surface area contributed by atoms with Gasteiger partial charge in [0.1, 0.15) is 5.15 Å². The molecule has 5 nitrogen and oxygen atoms in total. The number of halogens is 2. The Labute approximate surface area is 143 Å². The molecule has 0 spiro atoms. The fourth-order valence-corrected chi connectivity index (χ4v) is 2.65. The van der Waals surface area contributed by atoms with Crippen molar-refractivity contribution >= 4 is 29.2 Å². The maximum absolute atomic E-state index is 6.06. The van der Waals surface area contributed by atoms with E-state index >= 15 is 0 Å². The summed E-state index contributed by atoms with van der Waals surface area (Å²) in [6.07, 6.45) is 1.18. The van der Waals surface area contributed by atoms with Gasteiger partial charge in [-0.05, 0) is 25.6 Å². The van der Waals surface area contributed by atoms with E-state index in [1.165, 1.54) is 6.42 Å². The zero-order chi connectivity index (χ0) is 16.5. The number of guanidine groups is 1. The molecule has 0 amide bonds. The number of hydrogen-bond donors (Lipinski definition) is 2. The Morgan fingerprint density at radius 2 is 2.00 bits per heavy atom. The van der Waals surface area contributed by atoms with Crippen molar-refractivity contribution < 1.29 is 0 Å². The Morgan fingerprint density at radius 1 is 1.27 bits per heavy atom. The van der Waals surface area contributed by atoms with Gasteiger partial charge in [0.2, 0.25) is 0 Å². The molecule has 0 atom stereocenters. The third-order valence-electron chi connectivity index (χ3n) is 3.58. The molecule has 0 aromatic carbocycles. The number of likely N-dealkylation sites (N-methyl/N-ethyl adjacent to an activating group) is 1. The number of nitrogens with one attached hydrogen (secondary N) is 2. The van der Waals surface area contributed by atoms with Crippen LogP contribution in [0, 0.1) is 0 Å². The van der Waals surface area contributed by atoms with Crippen molar-refractivity contribution in [3.8, 4) is 0 Å². The molecule has 2 N–H and O–H groups in total. The second kappa shape index (κ2) is 9.98. The quantitative estimate of drug-likeness (QED) is 0.561. The highest BCUT2D eigenvalue weighted by Gasteiger charge is 2.09. The van der Waals surface area contributed by atoms with Crippen molar-refractivity contribution in [3.63, 3.8) is 0 Å². The summed E-state index contributed by atoms with van der Waals surface area (Å²) in [5.41, 5.74) is 1.01. The summed E-state index contributed by atoms with van der Waals surface area (Å²) in [6, 6.07) is 1.87. The molecule has 0 unspecified atom stereocenters. The van der Waals surface area contributed by atoms with Crippen LogP contribution in [0.5, 0.6) is 0 Å². The van der Waals surface area contributed by atoms with E-state index in [0.29, 0.717) is 16.7 Å². The van der Waals surface area contributed by atoms with E-state index in [-0.39, 0.29) is 0 Å². The molecule has 0 saturated heterocycles. The third kappa shape index (κ3) is 5.71. The van der Waals surface area contributed by atoms with E-state index in [2.05, 4.69) is 34.4 Å². The molecule has 1 rings (SSSR count). The number of nitrogens with zero attached hydrogens (tertiary/aromatic N) is 3. The summed E-state index contributed by atoms with van der Waals surface area (Å²) in [7, 11) is 3.66. The van der Waals surface area contributed by atoms with Crippen molar-refractivity contribution in [1.82, 2.24) is 20.1 Å². The van der Waals surface area contributed by atoms with Crippen LogP contribution in [0.25, 0.3) is 0 Å². The molecular formula is C15H27Cl2N5. The molecule has 126 valence electrons. The largest absolute Gasteiger partial charge is 0.355 e. The Bertz CT molecular complexity index is 485. The molecule has 0 bridgehead atoms. The maximum Gasteiger partial charge on any atom is 0.191 e. The van der Waals surface area contributed by atoms with Crippen LogP contribution >= 0.6 is 23.2 Å². The zero-order valence-corrected chi connectivity index (χ0v) is 15.4. The van der Waals surface area contributed by atoms with Gasteiger partial charge in [-0.1, -0.05) is 37.0 Å². The van der Waals surface area contributed by atoms with Crippen LogP contribution in [0.15, 0.2) is 11.1 Å². The summed E-state index contributed by atoms with van der Waals surface area (Å²) < 4.78 is 1.87. The number of aliphatic imine (C=N–C) groups is 1. The molecule has 22 heavy (non-hydrogen) atoms. The monoisotopic (exact) mass is 347 g/mol. The highest BCUT2D eigenvalue weighted by atomic mass is 35.5. The average molecular weight is 348 g/mol. The van der Waals surface area contributed by atoms with Crippen molar-refractivity contribution in [3.05, 3.63) is 21.9 Å². The SMILES string of the molecule is CCCN(CC)CCNC(=NC)NCc1cc(Cl)c(Cl)n1C. The van der Waals surface area contributed by atoms with Crippen LogP contribution < -0.4 is 10.6 Å². The molecule has 0 saturated carbocycles. The van der Waals surface area contributed by atoms with Crippen LogP contribution in [0.4, 0.5) is 0 Å². The summed E-state index contributed by atoms with van der Waals surface area (Å²) in [5.74, 6) is 0.779. The molecule has 1 aromatic rings. The lowest BCUT2D eigenvalue weighted by atomic mass is 10.4. The van der Waals surface area contributed by atoms with Gasteiger partial charge in [-0.2, -0.15) is 0 Å². The highest BCUT2D eigenvalue weighted by Crippen LogP contribution is 2.24. The van der Waals surface area contributed by atoms with Crippen LogP contribution in [-0.4, -0.2) is 48.7 Å². The van der Waals surface area contributed by atoms with Gasteiger partial charge in [0.25, 0.3) is 0 Å². The predicted octanol–water partition coefficient (Wildman–Crippen LogP) is 2.73. The van der Waals surface area contributed by atoms with E-state index in [9.17, 15) is 0 Å². The van der Waals surface area contributed by atoms with E-state index < -0.39 is 0 Å². The van der Waals surface area contributed by atoms with Gasteiger partial charge in [0, 0.05) is 32.9 Å². The molecule has 1 heterocycles. The van der Waals surface area contributed by atoms with Crippen molar-refractivity contribution in [2.75, 3.05) is 33.2 Å². The fraction of sp³-hybridized carbons (Fsp3) is 0.667. The molecule has 0 fully saturated rings. The maximum atomic E-state index is 6.06. The first-order valence-corrected chi connectivity index (χ1v) is 8.45. The number of hydrogen-bond acceptors (Lipinski definition) is 2.